The molecule has 0 aliphatic heterocycles. The molecule has 0 aliphatic rings. The number of hydrogen-bond donors (Lipinski definition) is 1. The highest BCUT2D eigenvalue weighted by Gasteiger charge is 2.15. The van der Waals surface area contributed by atoms with Crippen LogP contribution in [0.3, 0.4) is 0 Å². The van der Waals surface area contributed by atoms with Crippen LogP contribution < -0.4 is 5.73 Å². The van der Waals surface area contributed by atoms with Crippen LogP contribution >= 0.6 is 11.6 Å². The third-order valence-electron chi connectivity index (χ3n) is 3.57. The Morgan fingerprint density at radius 2 is 2.00 bits per heavy atom. The van der Waals surface area contributed by atoms with Crippen molar-refractivity contribution in [2.75, 3.05) is 6.54 Å². The van der Waals surface area contributed by atoms with Crippen LogP contribution in [0.5, 0.6) is 0 Å². The smallest absolute Gasteiger partial charge is 0.130 e. The quantitative estimate of drug-likeness (QED) is 0.913. The summed E-state index contributed by atoms with van der Waals surface area (Å²) in [5.74, 6) is 0.372. The van der Waals surface area contributed by atoms with E-state index >= 15 is 0 Å². The van der Waals surface area contributed by atoms with Crippen LogP contribution in [0, 0.1) is 6.92 Å². The maximum absolute atomic E-state index is 6.26. The molecule has 2 N–H and O–H groups in total. The summed E-state index contributed by atoms with van der Waals surface area (Å²) in [4.78, 5) is 0. The fraction of sp³-hybridized carbons (Fsp3) is 0.400. The van der Waals surface area contributed by atoms with Gasteiger partial charge in [0.1, 0.15) is 5.15 Å². The van der Waals surface area contributed by atoms with Crippen molar-refractivity contribution in [3.63, 3.8) is 0 Å². The highest BCUT2D eigenvalue weighted by Crippen LogP contribution is 2.25. The van der Waals surface area contributed by atoms with Crippen molar-refractivity contribution >= 4 is 11.6 Å². The van der Waals surface area contributed by atoms with Gasteiger partial charge in [0, 0.05) is 12.6 Å². The van der Waals surface area contributed by atoms with E-state index in [-0.39, 0.29) is 0 Å². The predicted octanol–water partition coefficient (Wildman–Crippen LogP) is 3.06. The maximum Gasteiger partial charge on any atom is 0.130 e. The Kier molecular flexibility index (Phi) is 4.61. The summed E-state index contributed by atoms with van der Waals surface area (Å²) in [6, 6.07) is 10.4. The Morgan fingerprint density at radius 3 is 2.53 bits per heavy atom. The lowest BCUT2D eigenvalue weighted by Gasteiger charge is -2.15. The van der Waals surface area contributed by atoms with Gasteiger partial charge in [-0.25, -0.2) is 0 Å². The van der Waals surface area contributed by atoms with E-state index in [1.807, 2.05) is 20.0 Å². The third kappa shape index (κ3) is 3.17. The highest BCUT2D eigenvalue weighted by molar-refractivity contribution is 6.30. The zero-order valence-corrected chi connectivity index (χ0v) is 12.2. The number of rotatable bonds is 5. The minimum atomic E-state index is 0.372. The van der Waals surface area contributed by atoms with Crippen molar-refractivity contribution in [1.29, 1.82) is 0 Å². The van der Waals surface area contributed by atoms with Gasteiger partial charge < -0.3 is 5.73 Å². The minimum absolute atomic E-state index is 0.372. The third-order valence-corrected chi connectivity index (χ3v) is 4.04. The van der Waals surface area contributed by atoms with E-state index in [0.717, 1.165) is 29.3 Å². The van der Waals surface area contributed by atoms with Crippen molar-refractivity contribution in [1.82, 2.24) is 9.78 Å². The van der Waals surface area contributed by atoms with E-state index in [4.69, 9.17) is 17.3 Å². The van der Waals surface area contributed by atoms with Crippen LogP contribution in [-0.4, -0.2) is 16.3 Å². The van der Waals surface area contributed by atoms with Gasteiger partial charge in [0.2, 0.25) is 0 Å². The van der Waals surface area contributed by atoms with E-state index in [9.17, 15) is 0 Å². The van der Waals surface area contributed by atoms with Gasteiger partial charge >= 0.3 is 0 Å². The van der Waals surface area contributed by atoms with Gasteiger partial charge in [-0.2, -0.15) is 5.10 Å². The van der Waals surface area contributed by atoms with Gasteiger partial charge in [-0.15, -0.1) is 0 Å². The summed E-state index contributed by atoms with van der Waals surface area (Å²) in [6.45, 7) is 2.65. The number of benzene rings is 1. The van der Waals surface area contributed by atoms with Crippen LogP contribution in [-0.2, 0) is 13.5 Å². The Bertz CT molecular complexity index is 534. The lowest BCUT2D eigenvalue weighted by molar-refractivity contribution is 0.632. The summed E-state index contributed by atoms with van der Waals surface area (Å²) in [7, 11) is 1.87. The molecule has 1 unspecified atom stereocenters. The standard InChI is InChI=1S/C15H20ClN3/c1-11-14(15(16)19(2)18-11)9-8-13(10-17)12-6-4-3-5-7-12/h3-7,13H,8-10,17H2,1-2H3. The molecule has 0 bridgehead atoms. The first-order valence-electron chi connectivity index (χ1n) is 6.56. The number of aromatic nitrogens is 2. The molecule has 2 aromatic rings. The van der Waals surface area contributed by atoms with E-state index in [1.165, 1.54) is 5.56 Å². The summed E-state index contributed by atoms with van der Waals surface area (Å²) in [5.41, 5.74) is 9.34. The first-order chi connectivity index (χ1) is 9.13. The monoisotopic (exact) mass is 277 g/mol. The lowest BCUT2D eigenvalue weighted by Crippen LogP contribution is -2.13. The van der Waals surface area contributed by atoms with Gasteiger partial charge in [-0.3, -0.25) is 4.68 Å². The SMILES string of the molecule is Cc1nn(C)c(Cl)c1CCC(CN)c1ccccc1. The first kappa shape index (κ1) is 14.1. The van der Waals surface area contributed by atoms with Gasteiger partial charge in [-0.1, -0.05) is 41.9 Å². The average Bonchev–Trinajstić information content (AvgIpc) is 2.66. The van der Waals surface area contributed by atoms with Crippen LogP contribution in [0.2, 0.25) is 5.15 Å². The van der Waals surface area contributed by atoms with Gasteiger partial charge in [0.25, 0.3) is 0 Å². The molecule has 1 atom stereocenters. The molecular weight excluding hydrogens is 258 g/mol. The molecule has 4 heteroatoms. The second kappa shape index (κ2) is 6.22. The number of nitrogens with two attached hydrogens (primary N) is 1. The Labute approximate surface area is 119 Å². The predicted molar refractivity (Wildman–Crippen MR) is 79.5 cm³/mol. The Balaban J connectivity index is 2.08. The van der Waals surface area contributed by atoms with Crippen molar-refractivity contribution in [3.05, 3.63) is 52.3 Å². The molecule has 1 aromatic heterocycles. The first-order valence-corrected chi connectivity index (χ1v) is 6.94. The largest absolute Gasteiger partial charge is 0.330 e. The van der Waals surface area contributed by atoms with Crippen LogP contribution in [0.15, 0.2) is 30.3 Å². The summed E-state index contributed by atoms with van der Waals surface area (Å²) < 4.78 is 1.73. The zero-order valence-electron chi connectivity index (χ0n) is 11.4. The molecule has 0 fully saturated rings. The second-order valence-electron chi connectivity index (χ2n) is 4.86. The molecule has 1 aromatic carbocycles. The van der Waals surface area contributed by atoms with Crippen molar-refractivity contribution in [2.45, 2.75) is 25.7 Å². The van der Waals surface area contributed by atoms with E-state index in [0.29, 0.717) is 12.5 Å². The molecule has 0 radical (unpaired) electrons. The Hall–Kier alpha value is -1.32. The molecule has 19 heavy (non-hydrogen) atoms. The van der Waals surface area contributed by atoms with Crippen LogP contribution in [0.25, 0.3) is 0 Å². The highest BCUT2D eigenvalue weighted by atomic mass is 35.5. The molecule has 0 aliphatic carbocycles. The topological polar surface area (TPSA) is 43.8 Å². The van der Waals surface area contributed by atoms with Crippen molar-refractivity contribution in [2.24, 2.45) is 12.8 Å². The van der Waals surface area contributed by atoms with Gasteiger partial charge in [0.15, 0.2) is 0 Å². The summed E-state index contributed by atoms with van der Waals surface area (Å²) >= 11 is 6.26. The number of nitrogens with zero attached hydrogens (tertiary/aromatic N) is 2. The fourth-order valence-electron chi connectivity index (χ4n) is 2.42. The van der Waals surface area contributed by atoms with E-state index in [2.05, 4.69) is 29.4 Å². The molecule has 0 spiro atoms. The van der Waals surface area contributed by atoms with Crippen LogP contribution in [0.1, 0.15) is 29.2 Å². The fourth-order valence-corrected chi connectivity index (χ4v) is 2.69. The van der Waals surface area contributed by atoms with Crippen LogP contribution in [0.4, 0.5) is 0 Å². The summed E-state index contributed by atoms with van der Waals surface area (Å²) in [5, 5.41) is 5.08. The van der Waals surface area contributed by atoms with Gasteiger partial charge in [-0.05, 0) is 37.8 Å². The molecule has 3 nitrogen and oxygen atoms in total. The summed E-state index contributed by atoms with van der Waals surface area (Å²) in [6.07, 6.45) is 1.90. The molecule has 0 saturated heterocycles. The van der Waals surface area contributed by atoms with E-state index in [1.54, 1.807) is 4.68 Å². The second-order valence-corrected chi connectivity index (χ2v) is 5.22. The number of aryl methyl sites for hydroxylation is 2. The number of halogens is 1. The maximum atomic E-state index is 6.26. The number of hydrogen-bond acceptors (Lipinski definition) is 2. The Morgan fingerprint density at radius 1 is 1.32 bits per heavy atom. The molecule has 2 rings (SSSR count). The van der Waals surface area contributed by atoms with Gasteiger partial charge in [0.05, 0.1) is 5.69 Å². The molecule has 102 valence electrons. The minimum Gasteiger partial charge on any atom is -0.330 e. The normalized spacial score (nSPS) is 12.6. The van der Waals surface area contributed by atoms with E-state index < -0.39 is 0 Å². The zero-order chi connectivity index (χ0) is 13.8. The average molecular weight is 278 g/mol. The van der Waals surface area contributed by atoms with Crippen molar-refractivity contribution in [3.8, 4) is 0 Å². The van der Waals surface area contributed by atoms with Crippen molar-refractivity contribution < 1.29 is 0 Å². The lowest BCUT2D eigenvalue weighted by atomic mass is 9.92. The molecule has 1 heterocycles. The molecule has 0 saturated carbocycles. The molecular formula is C15H20ClN3. The molecule has 0 amide bonds.